The predicted octanol–water partition coefficient (Wildman–Crippen LogP) is 5.83. The summed E-state index contributed by atoms with van der Waals surface area (Å²) in [5, 5.41) is 10.8. The first kappa shape index (κ1) is 26.1. The molecule has 4 N–H and O–H groups in total. The lowest BCUT2D eigenvalue weighted by Gasteiger charge is -2.30. The van der Waals surface area contributed by atoms with Crippen molar-refractivity contribution in [2.24, 2.45) is 17.6 Å². The SMILES string of the molecule is Cl.N=C(N)NCCCc1cc(-c2ccc(Cl)cc2)oc1C=C1SC(=S)N(C2CC3CCC2C3)C1=O. The van der Waals surface area contributed by atoms with Crippen LogP contribution in [0.2, 0.25) is 5.02 Å². The second kappa shape index (κ2) is 10.9. The normalized spacial score (nSPS) is 24.3. The molecular weight excluding hydrogens is 523 g/mol. The Hall–Kier alpha value is -2.00. The van der Waals surface area contributed by atoms with Gasteiger partial charge >= 0.3 is 0 Å². The first-order chi connectivity index (χ1) is 16.4. The molecule has 1 aromatic carbocycles. The fourth-order valence-corrected chi connectivity index (χ4v) is 6.90. The summed E-state index contributed by atoms with van der Waals surface area (Å²) in [5.41, 5.74) is 7.31. The van der Waals surface area contributed by atoms with Gasteiger partial charge in [-0.15, -0.1) is 12.4 Å². The Balaban J connectivity index is 0.00000289. The van der Waals surface area contributed by atoms with Crippen LogP contribution in [-0.4, -0.2) is 33.7 Å². The number of fused-ring (bicyclic) bond motifs is 2. The third-order valence-electron chi connectivity index (χ3n) is 7.03. The van der Waals surface area contributed by atoms with Gasteiger partial charge in [-0.25, -0.2) is 0 Å². The maximum absolute atomic E-state index is 13.4. The Morgan fingerprint density at radius 3 is 2.74 bits per heavy atom. The summed E-state index contributed by atoms with van der Waals surface area (Å²) in [5.74, 6) is 2.67. The molecule has 0 spiro atoms. The Labute approximate surface area is 225 Å². The number of furan rings is 1. The van der Waals surface area contributed by atoms with Crippen LogP contribution in [0.25, 0.3) is 17.4 Å². The van der Waals surface area contributed by atoms with Crippen molar-refractivity contribution >= 4 is 70.3 Å². The van der Waals surface area contributed by atoms with Gasteiger partial charge in [0.25, 0.3) is 5.91 Å². The zero-order valence-corrected chi connectivity index (χ0v) is 22.3. The molecule has 3 atom stereocenters. The average Bonchev–Trinajstić information content (AvgIpc) is 3.57. The largest absolute Gasteiger partial charge is 0.456 e. The molecule has 3 unspecified atom stereocenters. The smallest absolute Gasteiger partial charge is 0.266 e. The molecule has 1 amide bonds. The number of guanidine groups is 1. The summed E-state index contributed by atoms with van der Waals surface area (Å²) in [7, 11) is 0. The zero-order chi connectivity index (χ0) is 23.8. The van der Waals surface area contributed by atoms with Gasteiger partial charge in [-0.3, -0.25) is 15.1 Å². The number of nitrogens with two attached hydrogens (primary N) is 1. The number of nitrogens with zero attached hydrogens (tertiary/aromatic N) is 1. The molecule has 186 valence electrons. The van der Waals surface area contributed by atoms with Crippen LogP contribution < -0.4 is 11.1 Å². The van der Waals surface area contributed by atoms with Crippen molar-refractivity contribution < 1.29 is 9.21 Å². The Morgan fingerprint density at radius 1 is 1.31 bits per heavy atom. The fourth-order valence-electron chi connectivity index (χ4n) is 5.43. The van der Waals surface area contributed by atoms with Crippen LogP contribution in [0, 0.1) is 17.2 Å². The maximum Gasteiger partial charge on any atom is 0.266 e. The van der Waals surface area contributed by atoms with Crippen molar-refractivity contribution in [3.8, 4) is 11.3 Å². The van der Waals surface area contributed by atoms with Gasteiger partial charge in [0.1, 0.15) is 15.8 Å². The maximum atomic E-state index is 13.4. The van der Waals surface area contributed by atoms with E-state index in [1.807, 2.05) is 41.3 Å². The van der Waals surface area contributed by atoms with Crippen LogP contribution in [-0.2, 0) is 11.2 Å². The van der Waals surface area contributed by atoms with Gasteiger partial charge in [-0.1, -0.05) is 42.0 Å². The molecule has 2 aliphatic carbocycles. The lowest BCUT2D eigenvalue weighted by atomic mass is 9.94. The monoisotopic (exact) mass is 550 g/mol. The van der Waals surface area contributed by atoms with Gasteiger partial charge in [0.15, 0.2) is 5.96 Å². The molecule has 2 aromatic rings. The number of hydrogen-bond acceptors (Lipinski definition) is 5. The number of benzene rings is 1. The molecule has 2 saturated carbocycles. The standard InChI is InChI=1S/C25H27ClN4O2S2.ClH/c26-18-7-5-15(6-8-18)20-12-17(2-1-9-29-24(27)28)21(32-20)13-22-23(31)30(25(33)34-22)19-11-14-3-4-16(19)10-14;/h5-8,12-14,16,19H,1-4,9-11H2,(H4,27,28,29);1H. The van der Waals surface area contributed by atoms with Crippen LogP contribution in [0.3, 0.4) is 0 Å². The third kappa shape index (κ3) is 5.56. The molecule has 0 radical (unpaired) electrons. The van der Waals surface area contributed by atoms with E-state index in [1.54, 1.807) is 0 Å². The average molecular weight is 552 g/mol. The Bertz CT molecular complexity index is 1160. The summed E-state index contributed by atoms with van der Waals surface area (Å²) in [4.78, 5) is 15.9. The van der Waals surface area contributed by atoms with Crippen molar-refractivity contribution in [1.82, 2.24) is 10.2 Å². The first-order valence-electron chi connectivity index (χ1n) is 11.6. The van der Waals surface area contributed by atoms with Crippen molar-refractivity contribution in [1.29, 1.82) is 5.41 Å². The number of hydrogen-bond donors (Lipinski definition) is 3. The van der Waals surface area contributed by atoms with Crippen molar-refractivity contribution in [2.75, 3.05) is 6.54 Å². The number of rotatable bonds is 7. The summed E-state index contributed by atoms with van der Waals surface area (Å²) in [6, 6.07) is 9.75. The van der Waals surface area contributed by atoms with Crippen molar-refractivity contribution in [2.45, 2.75) is 44.6 Å². The van der Waals surface area contributed by atoms with E-state index in [9.17, 15) is 4.79 Å². The van der Waals surface area contributed by atoms with E-state index < -0.39 is 0 Å². The van der Waals surface area contributed by atoms with E-state index in [0.717, 1.165) is 42.1 Å². The van der Waals surface area contributed by atoms with Crippen LogP contribution in [0.15, 0.2) is 39.7 Å². The van der Waals surface area contributed by atoms with Crippen LogP contribution in [0.5, 0.6) is 0 Å². The molecule has 35 heavy (non-hydrogen) atoms. The third-order valence-corrected chi connectivity index (χ3v) is 8.61. The second-order valence-corrected chi connectivity index (χ2v) is 11.4. The Kier molecular flexibility index (Phi) is 8.16. The molecule has 5 rings (SSSR count). The summed E-state index contributed by atoms with van der Waals surface area (Å²) in [6.45, 7) is 0.586. The minimum Gasteiger partial charge on any atom is -0.456 e. The summed E-state index contributed by atoms with van der Waals surface area (Å²) in [6.07, 6.45) is 8.11. The van der Waals surface area contributed by atoms with Gasteiger partial charge in [-0.2, -0.15) is 0 Å². The van der Waals surface area contributed by atoms with Gasteiger partial charge in [0, 0.05) is 29.2 Å². The number of aryl methyl sites for hydroxylation is 1. The van der Waals surface area contributed by atoms with Gasteiger partial charge in [0.2, 0.25) is 0 Å². The highest BCUT2D eigenvalue weighted by Crippen LogP contribution is 2.49. The molecule has 3 fully saturated rings. The summed E-state index contributed by atoms with van der Waals surface area (Å²) >= 11 is 13.1. The van der Waals surface area contributed by atoms with Gasteiger partial charge < -0.3 is 15.5 Å². The fraction of sp³-hybridized carbons (Fsp3) is 0.400. The molecule has 1 aromatic heterocycles. The number of amides is 1. The number of nitrogens with one attached hydrogen (secondary N) is 2. The van der Waals surface area contributed by atoms with Crippen LogP contribution in [0.1, 0.15) is 43.4 Å². The molecular formula is C25H28Cl2N4O2S2. The Morgan fingerprint density at radius 2 is 2.09 bits per heavy atom. The van der Waals surface area contributed by atoms with Gasteiger partial charge in [0.05, 0.1) is 4.91 Å². The van der Waals surface area contributed by atoms with E-state index in [1.165, 1.54) is 31.0 Å². The van der Waals surface area contributed by atoms with E-state index >= 15 is 0 Å². The molecule has 10 heteroatoms. The molecule has 1 aliphatic heterocycles. The highest BCUT2D eigenvalue weighted by atomic mass is 35.5. The zero-order valence-electron chi connectivity index (χ0n) is 19.1. The number of carbonyl (C=O) groups excluding carboxylic acids is 1. The van der Waals surface area contributed by atoms with E-state index in [-0.39, 0.29) is 30.3 Å². The highest BCUT2D eigenvalue weighted by Gasteiger charge is 2.48. The minimum atomic E-state index is -0.0430. The predicted molar refractivity (Wildman–Crippen MR) is 149 cm³/mol. The van der Waals surface area contributed by atoms with Crippen LogP contribution >= 0.6 is 48.0 Å². The lowest BCUT2D eigenvalue weighted by molar-refractivity contribution is -0.124. The number of carbonyl (C=O) groups is 1. The van der Waals surface area contributed by atoms with E-state index in [0.29, 0.717) is 32.5 Å². The lowest BCUT2D eigenvalue weighted by Crippen LogP contribution is -2.41. The first-order valence-corrected chi connectivity index (χ1v) is 13.2. The van der Waals surface area contributed by atoms with Crippen LogP contribution in [0.4, 0.5) is 0 Å². The van der Waals surface area contributed by atoms with Crippen molar-refractivity contribution in [3.05, 3.63) is 51.6 Å². The van der Waals surface area contributed by atoms with E-state index in [4.69, 9.17) is 39.4 Å². The topological polar surface area (TPSA) is 95.3 Å². The minimum absolute atomic E-state index is 0. The molecule has 3 aliphatic rings. The quantitative estimate of drug-likeness (QED) is 0.132. The molecule has 2 heterocycles. The number of thiocarbonyl (C=S) groups is 1. The number of thioether (sulfide) groups is 1. The molecule has 6 nitrogen and oxygen atoms in total. The second-order valence-electron chi connectivity index (χ2n) is 9.24. The number of halogens is 2. The summed E-state index contributed by atoms with van der Waals surface area (Å²) < 4.78 is 6.90. The molecule has 1 saturated heterocycles. The molecule has 2 bridgehead atoms. The van der Waals surface area contributed by atoms with E-state index in [2.05, 4.69) is 5.32 Å². The van der Waals surface area contributed by atoms with Gasteiger partial charge in [-0.05, 0) is 79.8 Å². The highest BCUT2D eigenvalue weighted by molar-refractivity contribution is 8.26. The van der Waals surface area contributed by atoms with Crippen molar-refractivity contribution in [3.63, 3.8) is 0 Å².